The van der Waals surface area contributed by atoms with Crippen LogP contribution in [0.4, 0.5) is 4.39 Å². The Morgan fingerprint density at radius 1 is 1.12 bits per heavy atom. The maximum Gasteiger partial charge on any atom is 0.255 e. The third kappa shape index (κ3) is 2.95. The highest BCUT2D eigenvalue weighted by Crippen LogP contribution is 2.26. The third-order valence-electron chi connectivity index (χ3n) is 4.17. The topological polar surface area (TPSA) is 89.6 Å². The molecule has 7 nitrogen and oxygen atoms in total. The van der Waals surface area contributed by atoms with Crippen LogP contribution in [0, 0.1) is 0 Å². The summed E-state index contributed by atoms with van der Waals surface area (Å²) in [5.41, 5.74) is 1.45. The molecule has 1 aromatic heterocycles. The summed E-state index contributed by atoms with van der Waals surface area (Å²) in [4.78, 5) is 6.38. The van der Waals surface area contributed by atoms with Gasteiger partial charge in [-0.05, 0) is 16.0 Å². The standard InChI is InChI=1S/C17H16FN3O4/c18-13-9-24-17(16(23)15(13)22)25-21-8-14(19-20-21)12-7-3-5-10-4-1-2-6-11(10)12/h1-8,13,15-17,22-23H,9H2/t13-,15+,16-,17+/m1/s1. The number of halogens is 1. The second kappa shape index (κ2) is 6.40. The molecule has 1 aliphatic heterocycles. The zero-order valence-corrected chi connectivity index (χ0v) is 13.1. The number of nitrogens with zero attached hydrogens (tertiary/aromatic N) is 3. The predicted octanol–water partition coefficient (Wildman–Crippen LogP) is 0.943. The Bertz CT molecular complexity index is 882. The van der Waals surface area contributed by atoms with Crippen LogP contribution in [-0.2, 0) is 4.74 Å². The van der Waals surface area contributed by atoms with E-state index in [0.29, 0.717) is 5.69 Å². The van der Waals surface area contributed by atoms with Crippen molar-refractivity contribution in [2.75, 3.05) is 6.61 Å². The summed E-state index contributed by atoms with van der Waals surface area (Å²) in [6.07, 6.45) is -4.44. The summed E-state index contributed by atoms with van der Waals surface area (Å²) in [5.74, 6) is 0. The monoisotopic (exact) mass is 345 g/mol. The van der Waals surface area contributed by atoms with E-state index in [1.807, 2.05) is 42.5 Å². The number of hydrogen-bond donors (Lipinski definition) is 2. The normalized spacial score (nSPS) is 26.7. The van der Waals surface area contributed by atoms with E-state index in [9.17, 15) is 14.6 Å². The Balaban J connectivity index is 1.58. The highest BCUT2D eigenvalue weighted by atomic mass is 19.1. The van der Waals surface area contributed by atoms with Crippen molar-refractivity contribution >= 4 is 10.8 Å². The Morgan fingerprint density at radius 3 is 2.80 bits per heavy atom. The van der Waals surface area contributed by atoms with Crippen molar-refractivity contribution in [3.8, 4) is 11.3 Å². The second-order valence-electron chi connectivity index (χ2n) is 5.84. The molecule has 0 radical (unpaired) electrons. The molecule has 2 heterocycles. The first-order valence-electron chi connectivity index (χ1n) is 7.83. The number of ether oxygens (including phenoxy) is 1. The van der Waals surface area contributed by atoms with Crippen LogP contribution in [0.5, 0.6) is 0 Å². The molecule has 8 heteroatoms. The van der Waals surface area contributed by atoms with Crippen LogP contribution in [-0.4, -0.2) is 56.6 Å². The number of aliphatic hydroxyl groups excluding tert-OH is 2. The van der Waals surface area contributed by atoms with Gasteiger partial charge in [-0.3, -0.25) is 0 Å². The first-order chi connectivity index (χ1) is 12.1. The predicted molar refractivity (Wildman–Crippen MR) is 86.2 cm³/mol. The molecule has 0 saturated carbocycles. The summed E-state index contributed by atoms with van der Waals surface area (Å²) >= 11 is 0. The molecule has 4 atom stereocenters. The second-order valence-corrected chi connectivity index (χ2v) is 5.84. The van der Waals surface area contributed by atoms with E-state index in [-0.39, 0.29) is 6.61 Å². The van der Waals surface area contributed by atoms with Crippen molar-refractivity contribution in [3.63, 3.8) is 0 Å². The first-order valence-corrected chi connectivity index (χ1v) is 7.83. The third-order valence-corrected chi connectivity index (χ3v) is 4.17. The fourth-order valence-electron chi connectivity index (χ4n) is 2.83. The lowest BCUT2D eigenvalue weighted by Gasteiger charge is -2.32. The highest BCUT2D eigenvalue weighted by molar-refractivity contribution is 5.95. The molecular formula is C17H16FN3O4. The summed E-state index contributed by atoms with van der Waals surface area (Å²) in [6.45, 7) is -0.367. The zero-order valence-electron chi connectivity index (χ0n) is 13.1. The van der Waals surface area contributed by atoms with Gasteiger partial charge in [0.25, 0.3) is 6.29 Å². The average molecular weight is 345 g/mol. The van der Waals surface area contributed by atoms with E-state index in [0.717, 1.165) is 21.2 Å². The van der Waals surface area contributed by atoms with E-state index < -0.39 is 24.7 Å². The lowest BCUT2D eigenvalue weighted by atomic mass is 10.0. The number of benzene rings is 2. The molecule has 0 unspecified atom stereocenters. The maximum absolute atomic E-state index is 13.3. The molecule has 1 saturated heterocycles. The van der Waals surface area contributed by atoms with Crippen molar-refractivity contribution in [2.45, 2.75) is 24.7 Å². The molecule has 1 aliphatic rings. The van der Waals surface area contributed by atoms with Crippen molar-refractivity contribution in [1.82, 2.24) is 15.2 Å². The smallest absolute Gasteiger partial charge is 0.255 e. The lowest BCUT2D eigenvalue weighted by Crippen LogP contribution is -2.54. The number of hydrogen-bond acceptors (Lipinski definition) is 6. The fraction of sp³-hybridized carbons (Fsp3) is 0.294. The molecule has 130 valence electrons. The Hall–Kier alpha value is -2.55. The van der Waals surface area contributed by atoms with E-state index >= 15 is 0 Å². The molecule has 2 aromatic carbocycles. The van der Waals surface area contributed by atoms with Gasteiger partial charge in [0.1, 0.15) is 17.9 Å². The Morgan fingerprint density at radius 2 is 1.92 bits per heavy atom. The number of aliphatic hydroxyl groups is 2. The molecule has 3 aromatic rings. The van der Waals surface area contributed by atoms with E-state index in [1.165, 1.54) is 6.20 Å². The average Bonchev–Trinajstić information content (AvgIpc) is 3.10. The molecule has 0 aliphatic carbocycles. The van der Waals surface area contributed by atoms with Crippen LogP contribution in [0.3, 0.4) is 0 Å². The van der Waals surface area contributed by atoms with E-state index in [2.05, 4.69) is 10.3 Å². The molecule has 25 heavy (non-hydrogen) atoms. The Kier molecular flexibility index (Phi) is 4.08. The maximum atomic E-state index is 13.3. The van der Waals surface area contributed by atoms with Gasteiger partial charge >= 0.3 is 0 Å². The van der Waals surface area contributed by atoms with Crippen molar-refractivity contribution in [3.05, 3.63) is 48.7 Å². The van der Waals surface area contributed by atoms with Gasteiger partial charge in [-0.1, -0.05) is 47.3 Å². The van der Waals surface area contributed by atoms with Gasteiger partial charge in [0.2, 0.25) is 0 Å². The largest absolute Gasteiger partial charge is 0.387 e. The SMILES string of the molecule is O[C@@H]1[C@@H](O)[C@H](On2cc(-c3cccc4ccccc34)nn2)OC[C@H]1F. The van der Waals surface area contributed by atoms with Crippen molar-refractivity contribution in [2.24, 2.45) is 0 Å². The summed E-state index contributed by atoms with van der Waals surface area (Å²) in [5, 5.41) is 29.4. The van der Waals surface area contributed by atoms with Crippen LogP contribution in [0.15, 0.2) is 48.7 Å². The van der Waals surface area contributed by atoms with Gasteiger partial charge in [0, 0.05) is 5.56 Å². The minimum Gasteiger partial charge on any atom is -0.387 e. The van der Waals surface area contributed by atoms with Crippen LogP contribution >= 0.6 is 0 Å². The first kappa shape index (κ1) is 15.9. The summed E-state index contributed by atoms with van der Waals surface area (Å²) in [7, 11) is 0. The summed E-state index contributed by atoms with van der Waals surface area (Å²) < 4.78 is 18.4. The van der Waals surface area contributed by atoms with Crippen LogP contribution < -0.4 is 4.84 Å². The molecule has 0 spiro atoms. The molecule has 0 amide bonds. The molecule has 1 fully saturated rings. The van der Waals surface area contributed by atoms with Gasteiger partial charge in [-0.25, -0.2) is 4.39 Å². The van der Waals surface area contributed by atoms with Crippen LogP contribution in [0.2, 0.25) is 0 Å². The lowest BCUT2D eigenvalue weighted by molar-refractivity contribution is -0.264. The van der Waals surface area contributed by atoms with Crippen LogP contribution in [0.25, 0.3) is 22.0 Å². The molecule has 4 rings (SSSR count). The minimum absolute atomic E-state index is 0.367. The number of alkyl halides is 1. The molecule has 2 N–H and O–H groups in total. The zero-order chi connectivity index (χ0) is 17.4. The van der Waals surface area contributed by atoms with Gasteiger partial charge in [-0.15, -0.1) is 5.10 Å². The number of rotatable bonds is 3. The van der Waals surface area contributed by atoms with Gasteiger partial charge in [0.05, 0.1) is 12.8 Å². The van der Waals surface area contributed by atoms with Gasteiger partial charge in [-0.2, -0.15) is 0 Å². The molecular weight excluding hydrogens is 329 g/mol. The molecule has 0 bridgehead atoms. The highest BCUT2D eigenvalue weighted by Gasteiger charge is 2.40. The van der Waals surface area contributed by atoms with Crippen LogP contribution in [0.1, 0.15) is 0 Å². The number of aromatic nitrogens is 3. The minimum atomic E-state index is -1.66. The van der Waals surface area contributed by atoms with E-state index in [1.54, 1.807) is 0 Å². The fourth-order valence-corrected chi connectivity index (χ4v) is 2.83. The van der Waals surface area contributed by atoms with Crippen molar-refractivity contribution in [1.29, 1.82) is 0 Å². The van der Waals surface area contributed by atoms with Gasteiger partial charge in [0.15, 0.2) is 6.17 Å². The number of fused-ring (bicyclic) bond motifs is 1. The van der Waals surface area contributed by atoms with Crippen molar-refractivity contribution < 1.29 is 24.2 Å². The summed E-state index contributed by atoms with van der Waals surface area (Å²) in [6, 6.07) is 13.7. The quantitative estimate of drug-likeness (QED) is 0.734. The van der Waals surface area contributed by atoms with E-state index in [4.69, 9.17) is 9.57 Å². The van der Waals surface area contributed by atoms with Gasteiger partial charge < -0.3 is 19.8 Å². The Labute approximate surface area is 142 Å².